The van der Waals surface area contributed by atoms with Crippen LogP contribution in [0.3, 0.4) is 0 Å². The van der Waals surface area contributed by atoms with Gasteiger partial charge in [0.05, 0.1) is 24.1 Å². The molecule has 1 atom stereocenters. The Labute approximate surface area is 86.3 Å². The van der Waals surface area contributed by atoms with Crippen molar-refractivity contribution < 1.29 is 0 Å². The number of rotatable bonds is 3. The number of nitrogens with zero attached hydrogens (tertiary/aromatic N) is 5. The highest BCUT2D eigenvalue weighted by atomic mass is 15.4. The van der Waals surface area contributed by atoms with Crippen molar-refractivity contribution in [3.63, 3.8) is 0 Å². The van der Waals surface area contributed by atoms with E-state index >= 15 is 0 Å². The van der Waals surface area contributed by atoms with Crippen molar-refractivity contribution in [1.29, 1.82) is 0 Å². The summed E-state index contributed by atoms with van der Waals surface area (Å²) in [6.45, 7) is 0. The van der Waals surface area contributed by atoms with Gasteiger partial charge in [0, 0.05) is 13.2 Å². The molecule has 2 aromatic heterocycles. The first-order valence-electron chi connectivity index (χ1n) is 4.40. The molecule has 0 aliphatic rings. The lowest BCUT2D eigenvalue weighted by Crippen LogP contribution is -2.30. The SMILES string of the molecule is Cn1nncc1C(NN)c1ccnnc1. The van der Waals surface area contributed by atoms with Gasteiger partial charge in [0.25, 0.3) is 0 Å². The zero-order valence-corrected chi connectivity index (χ0v) is 8.20. The standard InChI is InChI=1S/C8H11N7/c1-15-7(5-12-14-15)8(13-9)6-2-3-10-11-4-6/h2-5,8,13H,9H2,1H3. The van der Waals surface area contributed by atoms with Crippen LogP contribution in [0.15, 0.2) is 24.7 Å². The van der Waals surface area contributed by atoms with Crippen LogP contribution in [-0.4, -0.2) is 25.2 Å². The quantitative estimate of drug-likeness (QED) is 0.501. The molecule has 7 nitrogen and oxygen atoms in total. The van der Waals surface area contributed by atoms with Gasteiger partial charge in [0.15, 0.2) is 0 Å². The topological polar surface area (TPSA) is 94.5 Å². The first-order valence-corrected chi connectivity index (χ1v) is 4.40. The Bertz CT molecular complexity index is 424. The summed E-state index contributed by atoms with van der Waals surface area (Å²) < 4.78 is 1.66. The summed E-state index contributed by atoms with van der Waals surface area (Å²) in [5.74, 6) is 5.50. The highest BCUT2D eigenvalue weighted by molar-refractivity contribution is 5.21. The molecule has 0 aromatic carbocycles. The maximum atomic E-state index is 5.50. The van der Waals surface area contributed by atoms with Crippen LogP contribution in [0.5, 0.6) is 0 Å². The van der Waals surface area contributed by atoms with E-state index in [-0.39, 0.29) is 6.04 Å². The van der Waals surface area contributed by atoms with Crippen molar-refractivity contribution in [2.75, 3.05) is 0 Å². The van der Waals surface area contributed by atoms with E-state index in [0.29, 0.717) is 0 Å². The Morgan fingerprint density at radius 1 is 1.33 bits per heavy atom. The van der Waals surface area contributed by atoms with Crippen molar-refractivity contribution in [2.45, 2.75) is 6.04 Å². The van der Waals surface area contributed by atoms with E-state index in [1.807, 2.05) is 6.07 Å². The number of nitrogens with two attached hydrogens (primary N) is 1. The van der Waals surface area contributed by atoms with Crippen molar-refractivity contribution in [2.24, 2.45) is 12.9 Å². The van der Waals surface area contributed by atoms with Crippen molar-refractivity contribution in [3.8, 4) is 0 Å². The summed E-state index contributed by atoms with van der Waals surface area (Å²) in [6.07, 6.45) is 4.92. The third-order valence-corrected chi connectivity index (χ3v) is 2.15. The zero-order chi connectivity index (χ0) is 10.7. The number of nitrogens with one attached hydrogen (secondary N) is 1. The van der Waals surface area contributed by atoms with Gasteiger partial charge in [0.1, 0.15) is 0 Å². The van der Waals surface area contributed by atoms with Crippen LogP contribution in [0.1, 0.15) is 17.3 Å². The zero-order valence-electron chi connectivity index (χ0n) is 8.20. The molecule has 1 unspecified atom stereocenters. The van der Waals surface area contributed by atoms with E-state index in [0.717, 1.165) is 11.3 Å². The van der Waals surface area contributed by atoms with Crippen molar-refractivity contribution in [3.05, 3.63) is 35.9 Å². The summed E-state index contributed by atoms with van der Waals surface area (Å²) >= 11 is 0. The smallest absolute Gasteiger partial charge is 0.0910 e. The van der Waals surface area contributed by atoms with Crippen molar-refractivity contribution >= 4 is 0 Å². The molecule has 0 bridgehead atoms. The number of hydrogen-bond donors (Lipinski definition) is 2. The van der Waals surface area contributed by atoms with Gasteiger partial charge in [-0.05, 0) is 11.6 Å². The van der Waals surface area contributed by atoms with E-state index in [2.05, 4.69) is 25.9 Å². The molecule has 0 radical (unpaired) electrons. The molecule has 2 rings (SSSR count). The fraction of sp³-hybridized carbons (Fsp3) is 0.250. The highest BCUT2D eigenvalue weighted by Gasteiger charge is 2.16. The molecule has 2 heterocycles. The fourth-order valence-corrected chi connectivity index (χ4v) is 1.38. The predicted molar refractivity (Wildman–Crippen MR) is 52.2 cm³/mol. The highest BCUT2D eigenvalue weighted by Crippen LogP contribution is 2.17. The van der Waals surface area contributed by atoms with Crippen molar-refractivity contribution in [1.82, 2.24) is 30.6 Å². The van der Waals surface area contributed by atoms with Crippen LogP contribution < -0.4 is 11.3 Å². The van der Waals surface area contributed by atoms with Crippen LogP contribution in [0.4, 0.5) is 0 Å². The molecular weight excluding hydrogens is 194 g/mol. The molecule has 7 heteroatoms. The van der Waals surface area contributed by atoms with Gasteiger partial charge in [-0.1, -0.05) is 5.21 Å². The van der Waals surface area contributed by atoms with Crippen LogP contribution in [0.25, 0.3) is 0 Å². The molecule has 15 heavy (non-hydrogen) atoms. The minimum Gasteiger partial charge on any atom is -0.271 e. The molecule has 0 aliphatic heterocycles. The number of aromatic nitrogens is 5. The second-order valence-electron chi connectivity index (χ2n) is 3.06. The number of hydrogen-bond acceptors (Lipinski definition) is 6. The largest absolute Gasteiger partial charge is 0.271 e. The van der Waals surface area contributed by atoms with E-state index in [4.69, 9.17) is 5.84 Å². The molecule has 0 saturated heterocycles. The Morgan fingerprint density at radius 2 is 2.20 bits per heavy atom. The molecule has 0 spiro atoms. The summed E-state index contributed by atoms with van der Waals surface area (Å²) in [7, 11) is 1.81. The summed E-state index contributed by atoms with van der Waals surface area (Å²) in [5.41, 5.74) is 4.47. The third-order valence-electron chi connectivity index (χ3n) is 2.15. The molecule has 2 aromatic rings. The third kappa shape index (κ3) is 1.83. The minimum absolute atomic E-state index is 0.180. The second kappa shape index (κ2) is 4.11. The first-order chi connectivity index (χ1) is 7.33. The van der Waals surface area contributed by atoms with Gasteiger partial charge in [-0.25, -0.2) is 5.43 Å². The average Bonchev–Trinajstić information content (AvgIpc) is 2.68. The minimum atomic E-state index is -0.180. The Morgan fingerprint density at radius 3 is 2.73 bits per heavy atom. The Balaban J connectivity index is 2.37. The van der Waals surface area contributed by atoms with Gasteiger partial charge in [-0.15, -0.1) is 5.10 Å². The number of aryl methyl sites for hydroxylation is 1. The van der Waals surface area contributed by atoms with E-state index in [1.165, 1.54) is 0 Å². The molecule has 0 fully saturated rings. The van der Waals surface area contributed by atoms with Crippen LogP contribution in [0, 0.1) is 0 Å². The predicted octanol–water partition coefficient (Wildman–Crippen LogP) is -0.842. The average molecular weight is 205 g/mol. The summed E-state index contributed by atoms with van der Waals surface area (Å²) in [6, 6.07) is 1.66. The van der Waals surface area contributed by atoms with Gasteiger partial charge < -0.3 is 0 Å². The number of hydrazine groups is 1. The second-order valence-corrected chi connectivity index (χ2v) is 3.06. The lowest BCUT2D eigenvalue weighted by Gasteiger charge is -2.14. The first kappa shape index (κ1) is 9.69. The maximum absolute atomic E-state index is 5.50. The van der Waals surface area contributed by atoms with Crippen LogP contribution in [-0.2, 0) is 7.05 Å². The molecule has 0 amide bonds. The molecule has 0 aliphatic carbocycles. The fourth-order valence-electron chi connectivity index (χ4n) is 1.38. The summed E-state index contributed by atoms with van der Waals surface area (Å²) in [4.78, 5) is 0. The van der Waals surface area contributed by atoms with Gasteiger partial charge >= 0.3 is 0 Å². The van der Waals surface area contributed by atoms with Crippen LogP contribution in [0.2, 0.25) is 0 Å². The van der Waals surface area contributed by atoms with Gasteiger partial charge in [-0.2, -0.15) is 10.2 Å². The van der Waals surface area contributed by atoms with Crippen LogP contribution >= 0.6 is 0 Å². The Hall–Kier alpha value is -1.86. The molecular formula is C8H11N7. The van der Waals surface area contributed by atoms with Gasteiger partial charge in [-0.3, -0.25) is 10.5 Å². The van der Waals surface area contributed by atoms with E-state index in [9.17, 15) is 0 Å². The monoisotopic (exact) mass is 205 g/mol. The van der Waals surface area contributed by atoms with E-state index < -0.39 is 0 Å². The molecule has 0 saturated carbocycles. The maximum Gasteiger partial charge on any atom is 0.0910 e. The Kier molecular flexibility index (Phi) is 2.66. The molecule has 78 valence electrons. The van der Waals surface area contributed by atoms with Gasteiger partial charge in [0.2, 0.25) is 0 Å². The summed E-state index contributed by atoms with van der Waals surface area (Å²) in [5, 5.41) is 15.2. The normalized spacial score (nSPS) is 12.7. The van der Waals surface area contributed by atoms with E-state index in [1.54, 1.807) is 30.3 Å². The lowest BCUT2D eigenvalue weighted by atomic mass is 10.1. The molecule has 3 N–H and O–H groups in total. The lowest BCUT2D eigenvalue weighted by molar-refractivity contribution is 0.568.